The van der Waals surface area contributed by atoms with Gasteiger partial charge in [0.15, 0.2) is 0 Å². The molecule has 0 aliphatic carbocycles. The second-order valence-corrected chi connectivity index (χ2v) is 3.18. The van der Waals surface area contributed by atoms with Crippen LogP contribution in [0.1, 0.15) is 5.56 Å². The Bertz CT molecular complexity index is 573. The van der Waals surface area contributed by atoms with Crippen LogP contribution in [-0.4, -0.2) is 4.98 Å². The summed E-state index contributed by atoms with van der Waals surface area (Å²) in [6.45, 7) is 0. The molecule has 2 aromatic rings. The predicted octanol–water partition coefficient (Wildman–Crippen LogP) is 3.02. The van der Waals surface area contributed by atoms with Gasteiger partial charge in [-0.2, -0.15) is 5.26 Å². The standard InChI is InChI=1S/C12H6F2N2O/c13-9-4-10(14)6-11(5-9)17-12-8(7-15)2-1-3-16-12/h1-6H. The average molecular weight is 232 g/mol. The zero-order chi connectivity index (χ0) is 12.3. The zero-order valence-electron chi connectivity index (χ0n) is 8.52. The van der Waals surface area contributed by atoms with Gasteiger partial charge >= 0.3 is 0 Å². The summed E-state index contributed by atoms with van der Waals surface area (Å²) in [6, 6.07) is 7.69. The Labute approximate surface area is 95.9 Å². The number of nitrogens with zero attached hydrogens (tertiary/aromatic N) is 2. The van der Waals surface area contributed by atoms with E-state index in [0.717, 1.165) is 18.2 Å². The molecule has 84 valence electrons. The summed E-state index contributed by atoms with van der Waals surface area (Å²) in [5.41, 5.74) is 0.192. The molecule has 0 N–H and O–H groups in total. The summed E-state index contributed by atoms with van der Waals surface area (Å²) < 4.78 is 31.0. The van der Waals surface area contributed by atoms with Gasteiger partial charge in [0.2, 0.25) is 5.88 Å². The molecule has 1 aromatic heterocycles. The Morgan fingerprint density at radius 3 is 2.53 bits per heavy atom. The first kappa shape index (κ1) is 11.0. The molecule has 1 aromatic carbocycles. The van der Waals surface area contributed by atoms with E-state index in [1.54, 1.807) is 6.07 Å². The molecule has 0 spiro atoms. The highest BCUT2D eigenvalue weighted by molar-refractivity contribution is 5.40. The normalized spacial score (nSPS) is 9.71. The Hall–Kier alpha value is -2.48. The summed E-state index contributed by atoms with van der Waals surface area (Å²) in [5, 5.41) is 8.79. The lowest BCUT2D eigenvalue weighted by molar-refractivity contribution is 0.450. The number of pyridine rings is 1. The minimum absolute atomic E-state index is 0.0139. The number of benzene rings is 1. The SMILES string of the molecule is N#Cc1cccnc1Oc1cc(F)cc(F)c1. The summed E-state index contributed by atoms with van der Waals surface area (Å²) >= 11 is 0. The molecule has 5 heteroatoms. The van der Waals surface area contributed by atoms with Crippen molar-refractivity contribution in [2.75, 3.05) is 0 Å². The molecule has 0 amide bonds. The maximum Gasteiger partial charge on any atom is 0.237 e. The summed E-state index contributed by atoms with van der Waals surface area (Å²) in [7, 11) is 0. The van der Waals surface area contributed by atoms with E-state index >= 15 is 0 Å². The van der Waals surface area contributed by atoms with Gasteiger partial charge in [-0.25, -0.2) is 13.8 Å². The molecule has 0 bridgehead atoms. The van der Waals surface area contributed by atoms with Crippen LogP contribution in [0.5, 0.6) is 11.6 Å². The van der Waals surface area contributed by atoms with Crippen LogP contribution in [0.4, 0.5) is 8.78 Å². The lowest BCUT2D eigenvalue weighted by atomic mass is 10.3. The number of rotatable bonds is 2. The highest BCUT2D eigenvalue weighted by Gasteiger charge is 2.07. The largest absolute Gasteiger partial charge is 0.437 e. The van der Waals surface area contributed by atoms with Crippen LogP contribution in [0, 0.1) is 23.0 Å². The highest BCUT2D eigenvalue weighted by Crippen LogP contribution is 2.23. The van der Waals surface area contributed by atoms with Crippen LogP contribution in [0.3, 0.4) is 0 Å². The summed E-state index contributed by atoms with van der Waals surface area (Å²) in [4.78, 5) is 3.81. The van der Waals surface area contributed by atoms with E-state index in [9.17, 15) is 8.78 Å². The Morgan fingerprint density at radius 2 is 1.88 bits per heavy atom. The van der Waals surface area contributed by atoms with Gasteiger partial charge in [0, 0.05) is 24.4 Å². The molecule has 1 heterocycles. The Morgan fingerprint density at radius 1 is 1.18 bits per heavy atom. The third kappa shape index (κ3) is 2.55. The monoisotopic (exact) mass is 232 g/mol. The van der Waals surface area contributed by atoms with Gasteiger partial charge in [-0.05, 0) is 12.1 Å². The van der Waals surface area contributed by atoms with E-state index in [1.165, 1.54) is 12.3 Å². The van der Waals surface area contributed by atoms with Crippen LogP contribution < -0.4 is 4.74 Å². The average Bonchev–Trinajstić information content (AvgIpc) is 2.28. The molecule has 17 heavy (non-hydrogen) atoms. The zero-order valence-corrected chi connectivity index (χ0v) is 8.52. The molecule has 0 fully saturated rings. The minimum Gasteiger partial charge on any atom is -0.437 e. The third-order valence-corrected chi connectivity index (χ3v) is 1.94. The Kier molecular flexibility index (Phi) is 2.97. The van der Waals surface area contributed by atoms with Crippen molar-refractivity contribution in [3.63, 3.8) is 0 Å². The first-order valence-corrected chi connectivity index (χ1v) is 4.68. The Balaban J connectivity index is 2.35. The van der Waals surface area contributed by atoms with Gasteiger partial charge < -0.3 is 4.74 Å². The first-order valence-electron chi connectivity index (χ1n) is 4.68. The summed E-state index contributed by atoms with van der Waals surface area (Å²) in [6.07, 6.45) is 1.42. The van der Waals surface area contributed by atoms with Crippen molar-refractivity contribution in [1.82, 2.24) is 4.98 Å². The quantitative estimate of drug-likeness (QED) is 0.799. The van der Waals surface area contributed by atoms with E-state index in [-0.39, 0.29) is 17.2 Å². The molecule has 0 radical (unpaired) electrons. The fourth-order valence-electron chi connectivity index (χ4n) is 1.26. The lowest BCUT2D eigenvalue weighted by Crippen LogP contribution is -1.92. The van der Waals surface area contributed by atoms with Crippen molar-refractivity contribution in [2.45, 2.75) is 0 Å². The van der Waals surface area contributed by atoms with Crippen LogP contribution in [0.2, 0.25) is 0 Å². The number of nitriles is 1. The third-order valence-electron chi connectivity index (χ3n) is 1.94. The van der Waals surface area contributed by atoms with Crippen molar-refractivity contribution in [2.24, 2.45) is 0 Å². The second kappa shape index (κ2) is 4.58. The maximum absolute atomic E-state index is 12.9. The number of hydrogen-bond donors (Lipinski definition) is 0. The molecule has 0 aliphatic heterocycles. The van der Waals surface area contributed by atoms with Crippen molar-refractivity contribution in [1.29, 1.82) is 5.26 Å². The van der Waals surface area contributed by atoms with E-state index in [4.69, 9.17) is 10.00 Å². The molecular weight excluding hydrogens is 226 g/mol. The van der Waals surface area contributed by atoms with E-state index in [0.29, 0.717) is 0 Å². The van der Waals surface area contributed by atoms with Gasteiger partial charge in [-0.1, -0.05) is 0 Å². The topological polar surface area (TPSA) is 45.9 Å². The van der Waals surface area contributed by atoms with Crippen LogP contribution in [0.15, 0.2) is 36.5 Å². The molecule has 0 saturated carbocycles. The fraction of sp³-hybridized carbons (Fsp3) is 0. The highest BCUT2D eigenvalue weighted by atomic mass is 19.1. The minimum atomic E-state index is -0.755. The molecule has 0 saturated heterocycles. The van der Waals surface area contributed by atoms with Crippen molar-refractivity contribution in [3.8, 4) is 17.7 Å². The van der Waals surface area contributed by atoms with Gasteiger partial charge in [0.05, 0.1) is 0 Å². The number of ether oxygens (including phenoxy) is 1. The van der Waals surface area contributed by atoms with E-state index in [1.807, 2.05) is 6.07 Å². The predicted molar refractivity (Wildman–Crippen MR) is 55.4 cm³/mol. The van der Waals surface area contributed by atoms with E-state index in [2.05, 4.69) is 4.98 Å². The van der Waals surface area contributed by atoms with Crippen LogP contribution in [-0.2, 0) is 0 Å². The van der Waals surface area contributed by atoms with Gasteiger partial charge in [0.25, 0.3) is 0 Å². The number of hydrogen-bond acceptors (Lipinski definition) is 3. The van der Waals surface area contributed by atoms with Crippen LogP contribution in [0.25, 0.3) is 0 Å². The van der Waals surface area contributed by atoms with Crippen molar-refractivity contribution >= 4 is 0 Å². The van der Waals surface area contributed by atoms with Crippen LogP contribution >= 0.6 is 0 Å². The summed E-state index contributed by atoms with van der Waals surface area (Å²) in [5.74, 6) is -1.54. The van der Waals surface area contributed by atoms with Gasteiger partial charge in [-0.15, -0.1) is 0 Å². The molecule has 0 aliphatic rings. The van der Waals surface area contributed by atoms with Gasteiger partial charge in [-0.3, -0.25) is 0 Å². The second-order valence-electron chi connectivity index (χ2n) is 3.18. The number of aromatic nitrogens is 1. The van der Waals surface area contributed by atoms with Crippen molar-refractivity contribution in [3.05, 3.63) is 53.7 Å². The fourth-order valence-corrected chi connectivity index (χ4v) is 1.26. The molecule has 0 unspecified atom stereocenters. The van der Waals surface area contributed by atoms with Crippen molar-refractivity contribution < 1.29 is 13.5 Å². The lowest BCUT2D eigenvalue weighted by Gasteiger charge is -2.05. The number of halogens is 2. The molecular formula is C12H6F2N2O. The molecule has 3 nitrogen and oxygen atoms in total. The van der Waals surface area contributed by atoms with E-state index < -0.39 is 11.6 Å². The molecule has 2 rings (SSSR count). The smallest absolute Gasteiger partial charge is 0.237 e. The van der Waals surface area contributed by atoms with Gasteiger partial charge in [0.1, 0.15) is 29.0 Å². The molecule has 0 atom stereocenters. The maximum atomic E-state index is 12.9. The first-order chi connectivity index (χ1) is 8.19.